The van der Waals surface area contributed by atoms with Gasteiger partial charge in [-0.2, -0.15) is 0 Å². The van der Waals surface area contributed by atoms with Crippen LogP contribution in [0.1, 0.15) is 10.4 Å². The van der Waals surface area contributed by atoms with Gasteiger partial charge in [0.25, 0.3) is 5.91 Å². The Labute approximate surface area is 116 Å². The average Bonchev–Trinajstić information content (AvgIpc) is 2.30. The van der Waals surface area contributed by atoms with E-state index in [1.807, 2.05) is 0 Å². The van der Waals surface area contributed by atoms with Crippen molar-refractivity contribution in [3.05, 3.63) is 58.1 Å². The maximum absolute atomic E-state index is 13.5. The summed E-state index contributed by atoms with van der Waals surface area (Å²) < 4.78 is 27.1. The highest BCUT2D eigenvalue weighted by molar-refractivity contribution is 9.10. The van der Waals surface area contributed by atoms with Gasteiger partial charge in [0.15, 0.2) is 0 Å². The third-order valence-electron chi connectivity index (χ3n) is 2.36. The first kappa shape index (κ1) is 13.5. The Morgan fingerprint density at radius 1 is 1.16 bits per heavy atom. The number of phenols is 1. The molecule has 0 heterocycles. The van der Waals surface area contributed by atoms with Crippen LogP contribution in [-0.2, 0) is 0 Å². The molecule has 0 saturated heterocycles. The lowest BCUT2D eigenvalue weighted by Gasteiger charge is -2.08. The molecule has 0 spiro atoms. The van der Waals surface area contributed by atoms with Crippen LogP contribution < -0.4 is 5.32 Å². The first-order valence-corrected chi connectivity index (χ1v) is 6.01. The highest BCUT2D eigenvalue weighted by atomic mass is 79.9. The van der Waals surface area contributed by atoms with Crippen molar-refractivity contribution in [2.45, 2.75) is 0 Å². The summed E-state index contributed by atoms with van der Waals surface area (Å²) in [6.07, 6.45) is 0. The fourth-order valence-electron chi connectivity index (χ4n) is 1.51. The lowest BCUT2D eigenvalue weighted by molar-refractivity contribution is 0.102. The highest BCUT2D eigenvalue weighted by Gasteiger charge is 2.18. The molecule has 0 saturated carbocycles. The Bertz CT molecular complexity index is 606. The molecule has 0 atom stereocenters. The lowest BCUT2D eigenvalue weighted by atomic mass is 10.1. The van der Waals surface area contributed by atoms with Crippen molar-refractivity contribution in [2.75, 3.05) is 5.32 Å². The molecule has 2 aromatic rings. The topological polar surface area (TPSA) is 49.3 Å². The van der Waals surface area contributed by atoms with Crippen molar-refractivity contribution in [3.63, 3.8) is 0 Å². The van der Waals surface area contributed by atoms with E-state index in [1.165, 1.54) is 0 Å². The Morgan fingerprint density at radius 3 is 2.37 bits per heavy atom. The van der Waals surface area contributed by atoms with Gasteiger partial charge >= 0.3 is 0 Å². The van der Waals surface area contributed by atoms with E-state index in [4.69, 9.17) is 0 Å². The molecule has 0 radical (unpaired) electrons. The smallest absolute Gasteiger partial charge is 0.262 e. The number of nitrogens with one attached hydrogen (secondary N) is 1. The van der Waals surface area contributed by atoms with E-state index in [-0.39, 0.29) is 0 Å². The zero-order chi connectivity index (χ0) is 14.0. The van der Waals surface area contributed by atoms with Gasteiger partial charge in [-0.15, -0.1) is 0 Å². The standard InChI is InChI=1S/C13H8BrF2NO2/c14-7-1-3-9(4-2-7)17-13(19)12-10(16)5-8(15)6-11(12)18/h1-6,18H,(H,17,19). The predicted molar refractivity (Wildman–Crippen MR) is 70.1 cm³/mol. The zero-order valence-corrected chi connectivity index (χ0v) is 11.0. The minimum atomic E-state index is -1.12. The molecule has 3 nitrogen and oxygen atoms in total. The minimum absolute atomic E-state index is 0.427. The number of anilines is 1. The van der Waals surface area contributed by atoms with Gasteiger partial charge in [-0.1, -0.05) is 15.9 Å². The molecule has 0 aromatic heterocycles. The number of phenolic OH excluding ortho intramolecular Hbond substituents is 1. The molecule has 2 rings (SSSR count). The van der Waals surface area contributed by atoms with Crippen molar-refractivity contribution >= 4 is 27.5 Å². The van der Waals surface area contributed by atoms with Crippen LogP contribution in [0.15, 0.2) is 40.9 Å². The molecule has 98 valence electrons. The van der Waals surface area contributed by atoms with Gasteiger partial charge in [0.1, 0.15) is 22.9 Å². The number of halogens is 3. The average molecular weight is 328 g/mol. The number of benzene rings is 2. The van der Waals surface area contributed by atoms with Crippen molar-refractivity contribution in [2.24, 2.45) is 0 Å². The molecular formula is C13H8BrF2NO2. The normalized spacial score (nSPS) is 10.3. The van der Waals surface area contributed by atoms with Gasteiger partial charge in [0, 0.05) is 22.3 Å². The van der Waals surface area contributed by atoms with Gasteiger partial charge in [-0.05, 0) is 24.3 Å². The molecule has 0 aliphatic heterocycles. The summed E-state index contributed by atoms with van der Waals surface area (Å²) in [5.74, 6) is -3.66. The maximum atomic E-state index is 13.5. The molecule has 0 bridgehead atoms. The van der Waals surface area contributed by atoms with Gasteiger partial charge in [0.05, 0.1) is 0 Å². The Hall–Kier alpha value is -1.95. The molecule has 0 fully saturated rings. The summed E-state index contributed by atoms with van der Waals surface area (Å²) in [7, 11) is 0. The maximum Gasteiger partial charge on any atom is 0.262 e. The van der Waals surface area contributed by atoms with Crippen LogP contribution in [0.25, 0.3) is 0 Å². The number of aromatic hydroxyl groups is 1. The largest absolute Gasteiger partial charge is 0.507 e. The lowest BCUT2D eigenvalue weighted by Crippen LogP contribution is -2.14. The van der Waals surface area contributed by atoms with Crippen molar-refractivity contribution in [3.8, 4) is 5.75 Å². The molecular weight excluding hydrogens is 320 g/mol. The van der Waals surface area contributed by atoms with Crippen LogP contribution in [0.4, 0.5) is 14.5 Å². The quantitative estimate of drug-likeness (QED) is 0.883. The van der Waals surface area contributed by atoms with E-state index in [1.54, 1.807) is 24.3 Å². The van der Waals surface area contributed by atoms with Crippen molar-refractivity contribution < 1.29 is 18.7 Å². The zero-order valence-electron chi connectivity index (χ0n) is 9.45. The monoisotopic (exact) mass is 327 g/mol. The molecule has 0 aliphatic rings. The van der Waals surface area contributed by atoms with Crippen LogP contribution in [0, 0.1) is 11.6 Å². The molecule has 19 heavy (non-hydrogen) atoms. The third-order valence-corrected chi connectivity index (χ3v) is 2.89. The Morgan fingerprint density at radius 2 is 1.79 bits per heavy atom. The van der Waals surface area contributed by atoms with E-state index < -0.39 is 28.9 Å². The van der Waals surface area contributed by atoms with E-state index in [9.17, 15) is 18.7 Å². The van der Waals surface area contributed by atoms with Gasteiger partial charge in [-0.25, -0.2) is 8.78 Å². The Balaban J connectivity index is 2.28. The van der Waals surface area contributed by atoms with Crippen LogP contribution in [0.3, 0.4) is 0 Å². The van der Waals surface area contributed by atoms with Crippen molar-refractivity contribution in [1.29, 1.82) is 0 Å². The van der Waals surface area contributed by atoms with Crippen LogP contribution in [-0.4, -0.2) is 11.0 Å². The third kappa shape index (κ3) is 3.08. The molecule has 2 aromatic carbocycles. The summed E-state index contributed by atoms with van der Waals surface area (Å²) in [5, 5.41) is 11.8. The molecule has 2 N–H and O–H groups in total. The second-order valence-corrected chi connectivity index (χ2v) is 4.66. The van der Waals surface area contributed by atoms with E-state index >= 15 is 0 Å². The summed E-state index contributed by atoms with van der Waals surface area (Å²) in [6.45, 7) is 0. The second kappa shape index (κ2) is 5.36. The van der Waals surface area contributed by atoms with Gasteiger partial charge in [-0.3, -0.25) is 4.79 Å². The molecule has 0 unspecified atom stereocenters. The minimum Gasteiger partial charge on any atom is -0.507 e. The predicted octanol–water partition coefficient (Wildman–Crippen LogP) is 3.69. The number of hydrogen-bond donors (Lipinski definition) is 2. The van der Waals surface area contributed by atoms with E-state index in [0.717, 1.165) is 4.47 Å². The summed E-state index contributed by atoms with van der Waals surface area (Å²) in [6, 6.07) is 7.80. The van der Waals surface area contributed by atoms with Crippen molar-refractivity contribution in [1.82, 2.24) is 0 Å². The highest BCUT2D eigenvalue weighted by Crippen LogP contribution is 2.23. The van der Waals surface area contributed by atoms with Crippen LogP contribution >= 0.6 is 15.9 Å². The molecule has 6 heteroatoms. The number of amides is 1. The first-order chi connectivity index (χ1) is 8.97. The number of hydrogen-bond acceptors (Lipinski definition) is 2. The van der Waals surface area contributed by atoms with Gasteiger partial charge in [0.2, 0.25) is 0 Å². The number of rotatable bonds is 2. The molecule has 0 aliphatic carbocycles. The number of carbonyl (C=O) groups is 1. The summed E-state index contributed by atoms with van der Waals surface area (Å²) >= 11 is 3.23. The Kier molecular flexibility index (Phi) is 3.80. The summed E-state index contributed by atoms with van der Waals surface area (Å²) in [4.78, 5) is 11.8. The van der Waals surface area contributed by atoms with Crippen LogP contribution in [0.5, 0.6) is 5.75 Å². The first-order valence-electron chi connectivity index (χ1n) is 5.22. The van der Waals surface area contributed by atoms with Gasteiger partial charge < -0.3 is 10.4 Å². The fourth-order valence-corrected chi connectivity index (χ4v) is 1.78. The number of carbonyl (C=O) groups excluding carboxylic acids is 1. The SMILES string of the molecule is O=C(Nc1ccc(Br)cc1)c1c(O)cc(F)cc1F. The fraction of sp³-hybridized carbons (Fsp3) is 0. The van der Waals surface area contributed by atoms with E-state index in [2.05, 4.69) is 21.2 Å². The molecule has 1 amide bonds. The second-order valence-electron chi connectivity index (χ2n) is 3.74. The van der Waals surface area contributed by atoms with Crippen LogP contribution in [0.2, 0.25) is 0 Å². The van der Waals surface area contributed by atoms with E-state index in [0.29, 0.717) is 17.8 Å². The summed E-state index contributed by atoms with van der Waals surface area (Å²) in [5.41, 5.74) is -0.166.